The Kier molecular flexibility index (Phi) is 4.78. The molecule has 27 heavy (non-hydrogen) atoms. The second-order valence-corrected chi connectivity index (χ2v) is 8.03. The zero-order chi connectivity index (χ0) is 19.0. The fraction of sp³-hybridized carbons (Fsp3) is 0.400. The summed E-state index contributed by atoms with van der Waals surface area (Å²) >= 11 is 1.49. The number of aromatic nitrogens is 1. The number of esters is 1. The number of hydrogen-bond donors (Lipinski definition) is 0. The molecular formula is C20H20N2O4S. The molecule has 4 rings (SSSR count). The smallest absolute Gasteiger partial charge is 0.338 e. The van der Waals surface area contributed by atoms with Crippen molar-refractivity contribution < 1.29 is 19.1 Å². The third-order valence-corrected chi connectivity index (χ3v) is 5.93. The van der Waals surface area contributed by atoms with Gasteiger partial charge in [0, 0.05) is 11.4 Å². The summed E-state index contributed by atoms with van der Waals surface area (Å²) in [7, 11) is 0. The van der Waals surface area contributed by atoms with Gasteiger partial charge < -0.3 is 4.74 Å². The molecule has 2 heterocycles. The molecule has 1 fully saturated rings. The van der Waals surface area contributed by atoms with Crippen LogP contribution in [0.1, 0.15) is 73.9 Å². The molecule has 1 aromatic heterocycles. The summed E-state index contributed by atoms with van der Waals surface area (Å²) in [5.41, 5.74) is 1.64. The van der Waals surface area contributed by atoms with E-state index >= 15 is 0 Å². The minimum Gasteiger partial charge on any atom is -0.456 e. The molecule has 2 aliphatic rings. The first-order valence-corrected chi connectivity index (χ1v) is 10.0. The quantitative estimate of drug-likeness (QED) is 0.593. The zero-order valence-corrected chi connectivity index (χ0v) is 15.9. The van der Waals surface area contributed by atoms with Crippen LogP contribution in [0.25, 0.3) is 0 Å². The number of carbonyl (C=O) groups excluding carboxylic acids is 3. The average molecular weight is 384 g/mol. The number of rotatable bonds is 4. The summed E-state index contributed by atoms with van der Waals surface area (Å²) in [5, 5.41) is 2.75. The largest absolute Gasteiger partial charge is 0.456 e. The van der Waals surface area contributed by atoms with E-state index in [9.17, 15) is 14.4 Å². The van der Waals surface area contributed by atoms with Gasteiger partial charge in [0.2, 0.25) is 0 Å². The van der Waals surface area contributed by atoms with E-state index in [1.807, 2.05) is 12.3 Å². The van der Waals surface area contributed by atoms with E-state index in [0.717, 1.165) is 37.1 Å². The maximum absolute atomic E-state index is 12.8. The van der Waals surface area contributed by atoms with Crippen molar-refractivity contribution in [3.63, 3.8) is 0 Å². The van der Waals surface area contributed by atoms with Gasteiger partial charge in [0.25, 0.3) is 11.8 Å². The summed E-state index contributed by atoms with van der Waals surface area (Å²) < 4.78 is 5.29. The van der Waals surface area contributed by atoms with Crippen LogP contribution in [-0.4, -0.2) is 33.7 Å². The number of thiazole rings is 1. The summed E-state index contributed by atoms with van der Waals surface area (Å²) in [6.07, 6.45) is 4.92. The van der Waals surface area contributed by atoms with E-state index in [0.29, 0.717) is 16.8 Å². The Morgan fingerprint density at radius 3 is 2.63 bits per heavy atom. The van der Waals surface area contributed by atoms with Gasteiger partial charge in [0.05, 0.1) is 27.4 Å². The first-order chi connectivity index (χ1) is 13.0. The number of amides is 2. The van der Waals surface area contributed by atoms with Crippen LogP contribution in [0.5, 0.6) is 0 Å². The fourth-order valence-electron chi connectivity index (χ4n) is 3.75. The fourth-order valence-corrected chi connectivity index (χ4v) is 4.35. The molecule has 1 aliphatic carbocycles. The molecule has 2 aromatic rings. The van der Waals surface area contributed by atoms with Crippen molar-refractivity contribution in [3.8, 4) is 0 Å². The minimum atomic E-state index is -0.528. The van der Waals surface area contributed by atoms with Crippen molar-refractivity contribution in [1.82, 2.24) is 9.88 Å². The van der Waals surface area contributed by atoms with E-state index in [-0.39, 0.29) is 30.0 Å². The van der Waals surface area contributed by atoms with Gasteiger partial charge in [-0.1, -0.05) is 19.3 Å². The average Bonchev–Trinajstić information content (AvgIpc) is 3.21. The number of imide groups is 1. The molecule has 0 atom stereocenters. The predicted octanol–water partition coefficient (Wildman–Crippen LogP) is 3.74. The lowest BCUT2D eigenvalue weighted by Gasteiger charge is -2.29. The lowest BCUT2D eigenvalue weighted by Crippen LogP contribution is -2.40. The van der Waals surface area contributed by atoms with Crippen LogP contribution >= 0.6 is 11.3 Å². The Morgan fingerprint density at radius 1 is 1.19 bits per heavy atom. The number of fused-ring (bicyclic) bond motifs is 1. The second kappa shape index (κ2) is 7.23. The number of benzene rings is 1. The Labute approximate surface area is 161 Å². The second-order valence-electron chi connectivity index (χ2n) is 6.97. The van der Waals surface area contributed by atoms with Crippen LogP contribution in [0.4, 0.5) is 0 Å². The number of carbonyl (C=O) groups is 3. The molecule has 1 aromatic carbocycles. The van der Waals surface area contributed by atoms with E-state index in [1.165, 1.54) is 22.3 Å². The highest BCUT2D eigenvalue weighted by Crippen LogP contribution is 2.31. The van der Waals surface area contributed by atoms with Crippen LogP contribution in [0.3, 0.4) is 0 Å². The minimum absolute atomic E-state index is 0.0329. The third kappa shape index (κ3) is 3.39. The highest BCUT2D eigenvalue weighted by atomic mass is 32.1. The Hall–Kier alpha value is -2.54. The number of hydrogen-bond acceptors (Lipinski definition) is 6. The van der Waals surface area contributed by atoms with Gasteiger partial charge in [-0.05, 0) is 38.0 Å². The zero-order valence-electron chi connectivity index (χ0n) is 15.1. The van der Waals surface area contributed by atoms with E-state index in [2.05, 4.69) is 4.98 Å². The number of nitrogens with zero attached hydrogens (tertiary/aromatic N) is 2. The van der Waals surface area contributed by atoms with E-state index < -0.39 is 5.97 Å². The lowest BCUT2D eigenvalue weighted by molar-refractivity contribution is 0.0467. The summed E-state index contributed by atoms with van der Waals surface area (Å²) in [5.74, 6) is -1.08. The Balaban J connectivity index is 1.50. The van der Waals surface area contributed by atoms with Crippen molar-refractivity contribution in [2.75, 3.05) is 0 Å². The Morgan fingerprint density at radius 2 is 1.93 bits per heavy atom. The lowest BCUT2D eigenvalue weighted by atomic mass is 9.94. The molecule has 6 nitrogen and oxygen atoms in total. The van der Waals surface area contributed by atoms with E-state index in [1.54, 1.807) is 12.1 Å². The Bertz CT molecular complexity index is 914. The molecule has 140 valence electrons. The monoisotopic (exact) mass is 384 g/mol. The molecular weight excluding hydrogens is 364 g/mol. The normalized spacial score (nSPS) is 17.3. The molecule has 0 unspecified atom stereocenters. The number of aryl methyl sites for hydroxylation is 1. The summed E-state index contributed by atoms with van der Waals surface area (Å²) in [4.78, 5) is 43.5. The van der Waals surface area contributed by atoms with Crippen molar-refractivity contribution in [2.45, 2.75) is 51.7 Å². The van der Waals surface area contributed by atoms with Gasteiger partial charge in [-0.2, -0.15) is 0 Å². The highest BCUT2D eigenvalue weighted by molar-refractivity contribution is 7.09. The molecule has 0 spiro atoms. The molecule has 0 bridgehead atoms. The predicted molar refractivity (Wildman–Crippen MR) is 99.8 cm³/mol. The molecule has 0 N–H and O–H groups in total. The summed E-state index contributed by atoms with van der Waals surface area (Å²) in [6, 6.07) is 4.55. The van der Waals surface area contributed by atoms with Crippen molar-refractivity contribution in [1.29, 1.82) is 0 Å². The van der Waals surface area contributed by atoms with Crippen LogP contribution in [0, 0.1) is 6.92 Å². The molecule has 0 radical (unpaired) electrons. The third-order valence-electron chi connectivity index (χ3n) is 5.11. The van der Waals surface area contributed by atoms with Gasteiger partial charge in [-0.3, -0.25) is 14.5 Å². The standard InChI is InChI=1S/C20H20N2O4S/c1-12-21-14(11-27-12)10-26-20(25)13-7-8-16-17(9-13)19(24)22(18(16)23)15-5-3-2-4-6-15/h7-9,11,15H,2-6,10H2,1H3. The molecule has 1 aliphatic heterocycles. The van der Waals surface area contributed by atoms with Gasteiger partial charge in [-0.25, -0.2) is 9.78 Å². The topological polar surface area (TPSA) is 76.6 Å². The van der Waals surface area contributed by atoms with Crippen LogP contribution < -0.4 is 0 Å². The van der Waals surface area contributed by atoms with Crippen LogP contribution in [0.2, 0.25) is 0 Å². The van der Waals surface area contributed by atoms with E-state index in [4.69, 9.17) is 4.74 Å². The molecule has 0 saturated heterocycles. The maximum Gasteiger partial charge on any atom is 0.338 e. The van der Waals surface area contributed by atoms with Crippen molar-refractivity contribution in [3.05, 3.63) is 51.0 Å². The summed E-state index contributed by atoms with van der Waals surface area (Å²) in [6.45, 7) is 1.97. The van der Waals surface area contributed by atoms with Gasteiger partial charge in [0.1, 0.15) is 6.61 Å². The van der Waals surface area contributed by atoms with Gasteiger partial charge >= 0.3 is 5.97 Å². The van der Waals surface area contributed by atoms with Crippen LogP contribution in [-0.2, 0) is 11.3 Å². The first-order valence-electron chi connectivity index (χ1n) is 9.14. The highest BCUT2D eigenvalue weighted by Gasteiger charge is 2.40. The molecule has 2 amide bonds. The van der Waals surface area contributed by atoms with Crippen LogP contribution in [0.15, 0.2) is 23.6 Å². The number of ether oxygens (including phenoxy) is 1. The van der Waals surface area contributed by atoms with Crippen molar-refractivity contribution >= 4 is 29.1 Å². The maximum atomic E-state index is 12.8. The molecule has 7 heteroatoms. The van der Waals surface area contributed by atoms with Gasteiger partial charge in [0.15, 0.2) is 0 Å². The molecule has 1 saturated carbocycles. The van der Waals surface area contributed by atoms with Gasteiger partial charge in [-0.15, -0.1) is 11.3 Å². The first kappa shape index (κ1) is 17.9. The van der Waals surface area contributed by atoms with Crippen molar-refractivity contribution in [2.24, 2.45) is 0 Å². The SMILES string of the molecule is Cc1nc(COC(=O)c2ccc3c(c2)C(=O)N(C2CCCCC2)C3=O)cs1.